The molecular weight excluding hydrogens is 346 g/mol. The average molecular weight is 369 g/mol. The Hall–Kier alpha value is -2.96. The molecular formula is C20H23N3O4. The van der Waals surface area contributed by atoms with E-state index in [1.54, 1.807) is 38.1 Å². The van der Waals surface area contributed by atoms with Gasteiger partial charge in [-0.15, -0.1) is 0 Å². The largest absolute Gasteiger partial charge is 0.456 e. The van der Waals surface area contributed by atoms with E-state index in [4.69, 9.17) is 9.26 Å². The Morgan fingerprint density at radius 2 is 1.93 bits per heavy atom. The number of unbranched alkanes of at least 4 members (excludes halogenated alkanes) is 2. The number of hydrogen-bond acceptors (Lipinski definition) is 6. The number of nitrogens with zero attached hydrogens (tertiary/aromatic N) is 3. The third-order valence-corrected chi connectivity index (χ3v) is 4.56. The summed E-state index contributed by atoms with van der Waals surface area (Å²) >= 11 is 0. The van der Waals surface area contributed by atoms with E-state index in [2.05, 4.69) is 17.2 Å². The van der Waals surface area contributed by atoms with E-state index in [0.29, 0.717) is 28.8 Å². The first kappa shape index (κ1) is 18.8. The highest BCUT2D eigenvalue weighted by atomic mass is 16.5. The van der Waals surface area contributed by atoms with Gasteiger partial charge in [-0.2, -0.15) is 5.10 Å². The molecule has 2 aromatic heterocycles. The number of aryl methyl sites for hydroxylation is 3. The lowest BCUT2D eigenvalue weighted by atomic mass is 10.1. The van der Waals surface area contributed by atoms with Crippen molar-refractivity contribution in [3.63, 3.8) is 0 Å². The number of benzene rings is 1. The van der Waals surface area contributed by atoms with Gasteiger partial charge in [0.15, 0.2) is 5.69 Å². The second kappa shape index (κ2) is 8.16. The number of rotatable bonds is 7. The molecule has 0 amide bonds. The molecule has 0 atom stereocenters. The van der Waals surface area contributed by atoms with Crippen molar-refractivity contribution in [2.75, 3.05) is 0 Å². The summed E-state index contributed by atoms with van der Waals surface area (Å²) in [4.78, 5) is 25.4. The van der Waals surface area contributed by atoms with Crippen LogP contribution in [0.4, 0.5) is 0 Å². The van der Waals surface area contributed by atoms with E-state index < -0.39 is 5.97 Å². The van der Waals surface area contributed by atoms with Crippen LogP contribution in [0.15, 0.2) is 33.6 Å². The van der Waals surface area contributed by atoms with Crippen molar-refractivity contribution in [2.45, 2.75) is 53.2 Å². The van der Waals surface area contributed by atoms with E-state index in [9.17, 15) is 9.59 Å². The number of carbonyl (C=O) groups is 1. The molecule has 7 nitrogen and oxygen atoms in total. The van der Waals surface area contributed by atoms with Crippen LogP contribution in [0.25, 0.3) is 10.8 Å². The van der Waals surface area contributed by atoms with Gasteiger partial charge >= 0.3 is 5.97 Å². The second-order valence-corrected chi connectivity index (χ2v) is 6.51. The molecule has 2 heterocycles. The van der Waals surface area contributed by atoms with Crippen LogP contribution in [0.3, 0.4) is 0 Å². The molecule has 3 rings (SSSR count). The van der Waals surface area contributed by atoms with Gasteiger partial charge in [0.25, 0.3) is 5.56 Å². The zero-order valence-corrected chi connectivity index (χ0v) is 15.8. The Morgan fingerprint density at radius 1 is 1.19 bits per heavy atom. The molecule has 0 aliphatic carbocycles. The number of ether oxygens (including phenoxy) is 1. The van der Waals surface area contributed by atoms with Crippen molar-refractivity contribution in [3.8, 4) is 0 Å². The minimum Gasteiger partial charge on any atom is -0.456 e. The molecule has 0 N–H and O–H groups in total. The maximum atomic E-state index is 12.7. The summed E-state index contributed by atoms with van der Waals surface area (Å²) in [7, 11) is 0. The Labute approximate surface area is 156 Å². The second-order valence-electron chi connectivity index (χ2n) is 6.51. The van der Waals surface area contributed by atoms with Crippen LogP contribution in [0.1, 0.15) is 53.7 Å². The van der Waals surface area contributed by atoms with Crippen molar-refractivity contribution in [1.82, 2.24) is 14.9 Å². The fraction of sp³-hybridized carbons (Fsp3) is 0.400. The fourth-order valence-corrected chi connectivity index (χ4v) is 2.96. The van der Waals surface area contributed by atoms with Crippen LogP contribution >= 0.6 is 0 Å². The highest BCUT2D eigenvalue weighted by Gasteiger charge is 2.19. The highest BCUT2D eigenvalue weighted by Crippen LogP contribution is 2.17. The monoisotopic (exact) mass is 369 g/mol. The first-order chi connectivity index (χ1) is 13.0. The van der Waals surface area contributed by atoms with Gasteiger partial charge in [0.05, 0.1) is 16.6 Å². The predicted molar refractivity (Wildman–Crippen MR) is 101 cm³/mol. The number of carbonyl (C=O) groups excluding carboxylic acids is 1. The summed E-state index contributed by atoms with van der Waals surface area (Å²) in [6, 6.07) is 6.97. The van der Waals surface area contributed by atoms with E-state index in [1.165, 1.54) is 4.68 Å². The van der Waals surface area contributed by atoms with Crippen LogP contribution < -0.4 is 5.56 Å². The summed E-state index contributed by atoms with van der Waals surface area (Å²) in [5, 5.41) is 9.13. The highest BCUT2D eigenvalue weighted by molar-refractivity contribution is 6.02. The molecule has 0 radical (unpaired) electrons. The van der Waals surface area contributed by atoms with E-state index in [1.807, 2.05) is 0 Å². The summed E-state index contributed by atoms with van der Waals surface area (Å²) in [6.45, 7) is 6.17. The first-order valence-corrected chi connectivity index (χ1v) is 9.11. The van der Waals surface area contributed by atoms with Crippen molar-refractivity contribution in [3.05, 3.63) is 57.3 Å². The maximum absolute atomic E-state index is 12.7. The van der Waals surface area contributed by atoms with Gasteiger partial charge in [-0.05, 0) is 26.3 Å². The van der Waals surface area contributed by atoms with Crippen molar-refractivity contribution < 1.29 is 14.1 Å². The van der Waals surface area contributed by atoms with Gasteiger partial charge < -0.3 is 9.26 Å². The minimum atomic E-state index is -0.574. The molecule has 0 bridgehead atoms. The van der Waals surface area contributed by atoms with Crippen LogP contribution in [0.2, 0.25) is 0 Å². The van der Waals surface area contributed by atoms with Gasteiger partial charge in [-0.25, -0.2) is 9.48 Å². The molecule has 3 aromatic rings. The van der Waals surface area contributed by atoms with Gasteiger partial charge in [0.2, 0.25) is 0 Å². The number of aromatic nitrogens is 3. The molecule has 0 aliphatic heterocycles. The smallest absolute Gasteiger partial charge is 0.359 e. The van der Waals surface area contributed by atoms with Gasteiger partial charge in [-0.1, -0.05) is 43.1 Å². The number of hydrogen-bond donors (Lipinski definition) is 0. The first-order valence-electron chi connectivity index (χ1n) is 9.11. The summed E-state index contributed by atoms with van der Waals surface area (Å²) in [5.74, 6) is 0.0399. The van der Waals surface area contributed by atoms with Gasteiger partial charge in [0.1, 0.15) is 12.4 Å². The average Bonchev–Trinajstić information content (AvgIpc) is 2.99. The zero-order chi connectivity index (χ0) is 19.4. The molecule has 0 saturated carbocycles. The summed E-state index contributed by atoms with van der Waals surface area (Å²) in [5.41, 5.74) is 1.38. The molecule has 0 fully saturated rings. The third kappa shape index (κ3) is 3.92. The number of fused-ring (bicyclic) bond motifs is 1. The van der Waals surface area contributed by atoms with Crippen LogP contribution in [0, 0.1) is 13.8 Å². The Kier molecular flexibility index (Phi) is 5.69. The molecule has 7 heteroatoms. The van der Waals surface area contributed by atoms with Crippen molar-refractivity contribution >= 4 is 16.7 Å². The standard InChI is InChI=1S/C20H23N3O4/c1-4-5-8-11-23-19(24)16-10-7-6-9-15(16)18(21-23)20(25)26-12-17-13(2)22-27-14(17)3/h6-7,9-10H,4-5,8,11-12H2,1-3H3. The van der Waals surface area contributed by atoms with Gasteiger partial charge in [-0.3, -0.25) is 4.79 Å². The Morgan fingerprint density at radius 3 is 2.59 bits per heavy atom. The Bertz CT molecular complexity index is 1000. The van der Waals surface area contributed by atoms with Crippen molar-refractivity contribution in [2.24, 2.45) is 0 Å². The van der Waals surface area contributed by atoms with Crippen molar-refractivity contribution in [1.29, 1.82) is 0 Å². The van der Waals surface area contributed by atoms with Crippen LogP contribution in [0.5, 0.6) is 0 Å². The molecule has 0 spiro atoms. The zero-order valence-electron chi connectivity index (χ0n) is 15.8. The van der Waals surface area contributed by atoms with Gasteiger partial charge in [0, 0.05) is 11.9 Å². The van der Waals surface area contributed by atoms with Crippen LogP contribution in [-0.2, 0) is 17.9 Å². The maximum Gasteiger partial charge on any atom is 0.359 e. The fourth-order valence-electron chi connectivity index (χ4n) is 2.96. The summed E-state index contributed by atoms with van der Waals surface area (Å²) < 4.78 is 11.9. The Balaban J connectivity index is 1.93. The quantitative estimate of drug-likeness (QED) is 0.467. The predicted octanol–water partition coefficient (Wildman–Crippen LogP) is 3.55. The minimum absolute atomic E-state index is 0.0466. The SMILES string of the molecule is CCCCCn1nc(C(=O)OCc2c(C)noc2C)c2ccccc2c1=O. The molecule has 27 heavy (non-hydrogen) atoms. The molecule has 0 saturated heterocycles. The number of esters is 1. The van der Waals surface area contributed by atoms with E-state index in [-0.39, 0.29) is 17.9 Å². The van der Waals surface area contributed by atoms with E-state index in [0.717, 1.165) is 24.8 Å². The molecule has 142 valence electrons. The lowest BCUT2D eigenvalue weighted by molar-refractivity contribution is 0.0463. The topological polar surface area (TPSA) is 87.2 Å². The lowest BCUT2D eigenvalue weighted by Gasteiger charge is -2.11. The van der Waals surface area contributed by atoms with E-state index >= 15 is 0 Å². The third-order valence-electron chi connectivity index (χ3n) is 4.56. The van der Waals surface area contributed by atoms with Crippen LogP contribution in [-0.4, -0.2) is 20.9 Å². The summed E-state index contributed by atoms with van der Waals surface area (Å²) in [6.07, 6.45) is 2.86. The normalized spacial score (nSPS) is 11.1. The molecule has 0 unspecified atom stereocenters. The molecule has 0 aliphatic rings. The lowest BCUT2D eigenvalue weighted by Crippen LogP contribution is -2.26. The molecule has 1 aromatic carbocycles.